The second kappa shape index (κ2) is 5.65. The van der Waals surface area contributed by atoms with Crippen LogP contribution in [0.1, 0.15) is 19.3 Å². The van der Waals surface area contributed by atoms with Crippen LogP contribution in [0.2, 0.25) is 5.02 Å². The quantitative estimate of drug-likeness (QED) is 0.813. The van der Waals surface area contributed by atoms with E-state index in [-0.39, 0.29) is 5.91 Å². The molecule has 5 heteroatoms. The van der Waals surface area contributed by atoms with Gasteiger partial charge in [-0.3, -0.25) is 4.79 Å². The summed E-state index contributed by atoms with van der Waals surface area (Å²) in [5.74, 6) is 0.131. The van der Waals surface area contributed by atoms with Gasteiger partial charge in [0.15, 0.2) is 0 Å². The summed E-state index contributed by atoms with van der Waals surface area (Å²) in [4.78, 5) is 12.4. The number of nitrogens with two attached hydrogens (primary N) is 1. The van der Waals surface area contributed by atoms with Crippen molar-refractivity contribution in [2.45, 2.75) is 29.4 Å². The Morgan fingerprint density at radius 2 is 2.29 bits per heavy atom. The van der Waals surface area contributed by atoms with E-state index in [1.807, 2.05) is 12.1 Å². The minimum atomic E-state index is 0.131. The molecule has 1 saturated heterocycles. The molecule has 17 heavy (non-hydrogen) atoms. The minimum absolute atomic E-state index is 0.131. The van der Waals surface area contributed by atoms with E-state index in [2.05, 4.69) is 5.32 Å². The van der Waals surface area contributed by atoms with Gasteiger partial charge in [0.2, 0.25) is 5.91 Å². The summed E-state index contributed by atoms with van der Waals surface area (Å²) in [6, 6.07) is 5.51. The number of nitrogen functional groups attached to an aromatic ring is 1. The van der Waals surface area contributed by atoms with Crippen molar-refractivity contribution in [1.82, 2.24) is 5.32 Å². The van der Waals surface area contributed by atoms with Crippen LogP contribution >= 0.6 is 23.4 Å². The lowest BCUT2D eigenvalue weighted by Gasteiger charge is -2.13. The third kappa shape index (κ3) is 3.54. The average molecular weight is 271 g/mol. The molecule has 1 aliphatic heterocycles. The maximum atomic E-state index is 11.4. The average Bonchev–Trinajstić information content (AvgIpc) is 2.47. The molecule has 3 nitrogen and oxygen atoms in total. The molecule has 0 saturated carbocycles. The van der Waals surface area contributed by atoms with E-state index in [4.69, 9.17) is 17.3 Å². The van der Waals surface area contributed by atoms with Gasteiger partial charge < -0.3 is 11.1 Å². The zero-order valence-corrected chi connectivity index (χ0v) is 11.0. The van der Waals surface area contributed by atoms with Crippen molar-refractivity contribution >= 4 is 35.0 Å². The molecule has 1 atom stereocenters. The summed E-state index contributed by atoms with van der Waals surface area (Å²) in [5.41, 5.74) is 6.31. The Balaban J connectivity index is 2.06. The fraction of sp³-hybridized carbons (Fsp3) is 0.417. The van der Waals surface area contributed by atoms with Crippen LogP contribution in [-0.4, -0.2) is 17.7 Å². The Morgan fingerprint density at radius 1 is 1.47 bits per heavy atom. The smallest absolute Gasteiger partial charge is 0.221 e. The summed E-state index contributed by atoms with van der Waals surface area (Å²) in [7, 11) is 0. The van der Waals surface area contributed by atoms with Crippen LogP contribution in [0.25, 0.3) is 0 Å². The van der Waals surface area contributed by atoms with Gasteiger partial charge in [-0.1, -0.05) is 11.6 Å². The van der Waals surface area contributed by atoms with Gasteiger partial charge in [0, 0.05) is 28.8 Å². The van der Waals surface area contributed by atoms with Crippen LogP contribution in [0.3, 0.4) is 0 Å². The number of benzene rings is 1. The van der Waals surface area contributed by atoms with Crippen molar-refractivity contribution in [3.8, 4) is 0 Å². The van der Waals surface area contributed by atoms with Crippen molar-refractivity contribution in [2.75, 3.05) is 12.3 Å². The summed E-state index contributed by atoms with van der Waals surface area (Å²) >= 11 is 7.79. The Morgan fingerprint density at radius 3 is 3.06 bits per heavy atom. The largest absolute Gasteiger partial charge is 0.399 e. The standard InChI is InChI=1S/C12H15ClN2OS/c13-10-6-8(14)3-4-11(10)17-9-2-1-5-15-12(16)7-9/h3-4,6,9H,1-2,5,7,14H2,(H,15,16). The predicted molar refractivity (Wildman–Crippen MR) is 72.4 cm³/mol. The topological polar surface area (TPSA) is 55.1 Å². The Hall–Kier alpha value is -0.870. The highest BCUT2D eigenvalue weighted by molar-refractivity contribution is 8.00. The molecule has 1 fully saturated rings. The van der Waals surface area contributed by atoms with Gasteiger partial charge in [0.25, 0.3) is 0 Å². The van der Waals surface area contributed by atoms with Gasteiger partial charge in [-0.25, -0.2) is 0 Å². The van der Waals surface area contributed by atoms with Crippen molar-refractivity contribution in [2.24, 2.45) is 0 Å². The monoisotopic (exact) mass is 270 g/mol. The van der Waals surface area contributed by atoms with Gasteiger partial charge >= 0.3 is 0 Å². The predicted octanol–water partition coefficient (Wildman–Crippen LogP) is 2.68. The van der Waals surface area contributed by atoms with Crippen LogP contribution in [0.15, 0.2) is 23.1 Å². The fourth-order valence-electron chi connectivity index (χ4n) is 1.83. The highest BCUT2D eigenvalue weighted by Crippen LogP contribution is 2.35. The number of thioether (sulfide) groups is 1. The van der Waals surface area contributed by atoms with Crippen LogP contribution in [0, 0.1) is 0 Å². The number of carbonyl (C=O) groups is 1. The first kappa shape index (κ1) is 12.6. The molecule has 1 aliphatic rings. The van der Waals surface area contributed by atoms with E-state index >= 15 is 0 Å². The van der Waals surface area contributed by atoms with Gasteiger partial charge in [-0.15, -0.1) is 11.8 Å². The molecule has 92 valence electrons. The Kier molecular flexibility index (Phi) is 4.18. The molecule has 1 aromatic rings. The van der Waals surface area contributed by atoms with E-state index in [1.165, 1.54) is 0 Å². The number of nitrogens with one attached hydrogen (secondary N) is 1. The number of amides is 1. The van der Waals surface area contributed by atoms with Gasteiger partial charge in [0.05, 0.1) is 5.02 Å². The molecule has 1 aromatic carbocycles. The summed E-state index contributed by atoms with van der Waals surface area (Å²) < 4.78 is 0. The third-order valence-electron chi connectivity index (χ3n) is 2.69. The van der Waals surface area contributed by atoms with Gasteiger partial charge in [-0.05, 0) is 31.0 Å². The van der Waals surface area contributed by atoms with Crippen molar-refractivity contribution in [3.05, 3.63) is 23.2 Å². The van der Waals surface area contributed by atoms with Crippen molar-refractivity contribution in [3.63, 3.8) is 0 Å². The van der Waals surface area contributed by atoms with E-state index in [9.17, 15) is 4.79 Å². The molecule has 2 rings (SSSR count). The second-order valence-corrected chi connectivity index (χ2v) is 5.88. The number of carbonyl (C=O) groups excluding carboxylic acids is 1. The van der Waals surface area contributed by atoms with E-state index in [0.717, 1.165) is 24.3 Å². The van der Waals surface area contributed by atoms with Crippen LogP contribution in [-0.2, 0) is 4.79 Å². The van der Waals surface area contributed by atoms with E-state index < -0.39 is 0 Å². The molecule has 3 N–H and O–H groups in total. The molecule has 1 amide bonds. The first-order valence-corrected chi connectivity index (χ1v) is 6.89. The highest BCUT2D eigenvalue weighted by Gasteiger charge is 2.19. The van der Waals surface area contributed by atoms with Crippen molar-refractivity contribution < 1.29 is 4.79 Å². The molecule has 0 aromatic heterocycles. The molecule has 1 heterocycles. The molecular weight excluding hydrogens is 256 g/mol. The second-order valence-electron chi connectivity index (χ2n) is 4.13. The maximum Gasteiger partial charge on any atom is 0.221 e. The molecule has 0 spiro atoms. The maximum absolute atomic E-state index is 11.4. The summed E-state index contributed by atoms with van der Waals surface area (Å²) in [5, 5.41) is 3.85. The van der Waals surface area contributed by atoms with Crippen LogP contribution in [0.4, 0.5) is 5.69 Å². The minimum Gasteiger partial charge on any atom is -0.399 e. The molecule has 0 radical (unpaired) electrons. The lowest BCUT2D eigenvalue weighted by molar-refractivity contribution is -0.120. The zero-order valence-electron chi connectivity index (χ0n) is 9.41. The van der Waals surface area contributed by atoms with Gasteiger partial charge in [-0.2, -0.15) is 0 Å². The lowest BCUT2D eigenvalue weighted by Crippen LogP contribution is -2.22. The van der Waals surface area contributed by atoms with Gasteiger partial charge in [0.1, 0.15) is 0 Å². The first-order chi connectivity index (χ1) is 8.15. The molecular formula is C12H15ClN2OS. The Bertz CT molecular complexity index is 425. The summed E-state index contributed by atoms with van der Waals surface area (Å²) in [6.45, 7) is 0.783. The third-order valence-corrected chi connectivity index (χ3v) is 4.46. The summed E-state index contributed by atoms with van der Waals surface area (Å²) in [6.07, 6.45) is 2.62. The van der Waals surface area contributed by atoms with Crippen molar-refractivity contribution in [1.29, 1.82) is 0 Å². The van der Waals surface area contributed by atoms with E-state index in [1.54, 1.807) is 17.8 Å². The molecule has 1 unspecified atom stereocenters. The fourth-order valence-corrected chi connectivity index (χ4v) is 3.35. The molecule has 0 bridgehead atoms. The SMILES string of the molecule is Nc1ccc(SC2CCCNC(=O)C2)c(Cl)c1. The highest BCUT2D eigenvalue weighted by atomic mass is 35.5. The lowest BCUT2D eigenvalue weighted by atomic mass is 10.2. The first-order valence-electron chi connectivity index (χ1n) is 5.63. The normalized spacial score (nSPS) is 20.8. The Labute approximate surface area is 110 Å². The number of hydrogen-bond donors (Lipinski definition) is 2. The number of hydrogen-bond acceptors (Lipinski definition) is 3. The number of anilines is 1. The number of rotatable bonds is 2. The molecule has 0 aliphatic carbocycles. The van der Waals surface area contributed by atoms with Crippen LogP contribution < -0.4 is 11.1 Å². The van der Waals surface area contributed by atoms with E-state index in [0.29, 0.717) is 22.4 Å². The van der Waals surface area contributed by atoms with Crippen LogP contribution in [0.5, 0.6) is 0 Å². The zero-order chi connectivity index (χ0) is 12.3. The number of halogens is 1.